The highest BCUT2D eigenvalue weighted by molar-refractivity contribution is 9.10. The molecule has 8 heteroatoms. The third-order valence-electron chi connectivity index (χ3n) is 4.77. The molecule has 1 aliphatic heterocycles. The van der Waals surface area contributed by atoms with Crippen molar-refractivity contribution in [2.75, 3.05) is 0 Å². The number of carbonyl (C=O) groups is 2. The molecule has 3 aromatic rings. The molecule has 1 heterocycles. The number of Topliss-reactive ketones (excluding diaryl/α,β-unsaturated/α-hetero) is 1. The van der Waals surface area contributed by atoms with Crippen LogP contribution in [0.15, 0.2) is 80.9 Å². The first-order valence-corrected chi connectivity index (χ1v) is 10.8. The Balaban J connectivity index is 1.90. The number of ether oxygens (including phenoxy) is 1. The average Bonchev–Trinajstić information content (AvgIpc) is 3.08. The number of esters is 1. The van der Waals surface area contributed by atoms with Crippen LogP contribution in [0.1, 0.15) is 21.5 Å². The van der Waals surface area contributed by atoms with Gasteiger partial charge < -0.3 is 20.1 Å². The second-order valence-electron chi connectivity index (χ2n) is 6.90. The van der Waals surface area contributed by atoms with Gasteiger partial charge in [0.1, 0.15) is 28.6 Å². The summed E-state index contributed by atoms with van der Waals surface area (Å²) in [5.74, 6) is -1.19. The van der Waals surface area contributed by atoms with E-state index in [0.29, 0.717) is 20.1 Å². The Bertz CT molecular complexity index is 1320. The predicted octanol–water partition coefficient (Wildman–Crippen LogP) is 5.56. The molecule has 0 saturated carbocycles. The molecule has 4 rings (SSSR count). The van der Waals surface area contributed by atoms with Gasteiger partial charge >= 0.3 is 5.97 Å². The number of benzene rings is 3. The van der Waals surface area contributed by atoms with Crippen LogP contribution in [0.2, 0.25) is 0 Å². The lowest BCUT2D eigenvalue weighted by Gasteiger charge is -2.07. The van der Waals surface area contributed by atoms with Crippen LogP contribution in [0.4, 0.5) is 0 Å². The summed E-state index contributed by atoms with van der Waals surface area (Å²) in [7, 11) is 0. The third-order valence-corrected chi connectivity index (χ3v) is 6.04. The summed E-state index contributed by atoms with van der Waals surface area (Å²) in [5.41, 5.74) is 1.41. The van der Waals surface area contributed by atoms with Crippen LogP contribution in [0.3, 0.4) is 0 Å². The van der Waals surface area contributed by atoms with Crippen LogP contribution in [0.25, 0.3) is 11.6 Å². The molecule has 0 fully saturated rings. The molecule has 0 radical (unpaired) electrons. The van der Waals surface area contributed by atoms with E-state index in [1.807, 2.05) is 0 Å². The van der Waals surface area contributed by atoms with E-state index in [4.69, 9.17) is 4.74 Å². The minimum Gasteiger partial charge on any atom is -0.508 e. The van der Waals surface area contributed by atoms with E-state index in [0.717, 1.165) is 0 Å². The lowest BCUT2D eigenvalue weighted by atomic mass is 9.93. The van der Waals surface area contributed by atoms with E-state index in [2.05, 4.69) is 31.9 Å². The van der Waals surface area contributed by atoms with Crippen LogP contribution in [-0.2, 0) is 9.53 Å². The summed E-state index contributed by atoms with van der Waals surface area (Å²) in [6.07, 6.45) is 1.58. The first-order valence-electron chi connectivity index (χ1n) is 9.24. The molecule has 0 spiro atoms. The Kier molecular flexibility index (Phi) is 5.90. The molecular weight excluding hydrogens is 544 g/mol. The normalized spacial score (nSPS) is 14.7. The fourth-order valence-corrected chi connectivity index (χ4v) is 3.98. The molecule has 0 bridgehead atoms. The van der Waals surface area contributed by atoms with Gasteiger partial charge in [-0.3, -0.25) is 4.79 Å². The van der Waals surface area contributed by atoms with Gasteiger partial charge in [0.15, 0.2) is 0 Å². The number of cyclic esters (lactones) is 1. The fourth-order valence-electron chi connectivity index (χ4n) is 3.21. The van der Waals surface area contributed by atoms with E-state index in [9.17, 15) is 24.9 Å². The summed E-state index contributed by atoms with van der Waals surface area (Å²) in [6, 6.07) is 15.0. The number of allylic oxidation sites excluding steroid dienone is 1. The molecule has 0 atom stereocenters. The summed E-state index contributed by atoms with van der Waals surface area (Å²) in [4.78, 5) is 26.1. The van der Waals surface area contributed by atoms with Crippen molar-refractivity contribution in [1.82, 2.24) is 0 Å². The fraction of sp³-hybridized carbons (Fsp3) is 0. The molecule has 6 nitrogen and oxygen atoms in total. The van der Waals surface area contributed by atoms with E-state index >= 15 is 0 Å². The molecular formula is C24H14Br2O6. The van der Waals surface area contributed by atoms with Gasteiger partial charge in [-0.05, 0) is 91.5 Å². The topological polar surface area (TPSA) is 104 Å². The first-order chi connectivity index (χ1) is 15.2. The second kappa shape index (κ2) is 8.64. The van der Waals surface area contributed by atoms with Crippen molar-refractivity contribution >= 4 is 55.3 Å². The van der Waals surface area contributed by atoms with Gasteiger partial charge in [0.05, 0.1) is 8.95 Å². The van der Waals surface area contributed by atoms with Gasteiger partial charge in [-0.2, -0.15) is 0 Å². The van der Waals surface area contributed by atoms with Crippen LogP contribution in [0.5, 0.6) is 17.2 Å². The average molecular weight is 558 g/mol. The first kappa shape index (κ1) is 21.9. The third kappa shape index (κ3) is 4.19. The molecule has 0 amide bonds. The Morgan fingerprint density at radius 1 is 0.844 bits per heavy atom. The molecule has 0 aromatic heterocycles. The number of phenols is 3. The molecule has 1 aliphatic rings. The predicted molar refractivity (Wildman–Crippen MR) is 125 cm³/mol. The van der Waals surface area contributed by atoms with Gasteiger partial charge in [0.2, 0.25) is 5.78 Å². The van der Waals surface area contributed by atoms with Crippen molar-refractivity contribution in [1.29, 1.82) is 0 Å². The Labute approximate surface area is 199 Å². The van der Waals surface area contributed by atoms with Crippen molar-refractivity contribution in [2.45, 2.75) is 0 Å². The highest BCUT2D eigenvalue weighted by Gasteiger charge is 2.36. The monoisotopic (exact) mass is 556 g/mol. The molecule has 3 aromatic carbocycles. The van der Waals surface area contributed by atoms with Gasteiger partial charge in [0, 0.05) is 11.1 Å². The molecule has 0 aliphatic carbocycles. The quantitative estimate of drug-likeness (QED) is 0.220. The Hall–Kier alpha value is -3.36. The SMILES string of the molecule is O=C1O/C(=C\c2ccc(O)c(Br)c2)C(c2ccc(O)cc2)=C1C(=O)c1ccc(O)c(Br)c1. The van der Waals surface area contributed by atoms with Crippen molar-refractivity contribution in [3.63, 3.8) is 0 Å². The van der Waals surface area contributed by atoms with E-state index < -0.39 is 11.8 Å². The van der Waals surface area contributed by atoms with Crippen molar-refractivity contribution < 1.29 is 29.6 Å². The number of hydrogen-bond donors (Lipinski definition) is 3. The van der Waals surface area contributed by atoms with Crippen molar-refractivity contribution in [3.05, 3.63) is 97.6 Å². The van der Waals surface area contributed by atoms with Gasteiger partial charge in [-0.15, -0.1) is 0 Å². The second-order valence-corrected chi connectivity index (χ2v) is 8.61. The molecule has 0 unspecified atom stereocenters. The summed E-state index contributed by atoms with van der Waals surface area (Å²) >= 11 is 6.42. The maximum atomic E-state index is 13.3. The minimum absolute atomic E-state index is 0.0305. The number of carbonyl (C=O) groups excluding carboxylic acids is 2. The van der Waals surface area contributed by atoms with Crippen molar-refractivity contribution in [2.24, 2.45) is 0 Å². The maximum Gasteiger partial charge on any atom is 0.348 e. The van der Waals surface area contributed by atoms with Crippen LogP contribution in [0, 0.1) is 0 Å². The number of hydrogen-bond acceptors (Lipinski definition) is 6. The van der Waals surface area contributed by atoms with E-state index in [1.54, 1.807) is 30.3 Å². The highest BCUT2D eigenvalue weighted by Crippen LogP contribution is 2.39. The largest absolute Gasteiger partial charge is 0.508 e. The summed E-state index contributed by atoms with van der Waals surface area (Å²) < 4.78 is 6.23. The Morgan fingerprint density at radius 3 is 2.09 bits per heavy atom. The van der Waals surface area contributed by atoms with Gasteiger partial charge in [0.25, 0.3) is 0 Å². The summed E-state index contributed by atoms with van der Waals surface area (Å²) in [6.45, 7) is 0. The van der Waals surface area contributed by atoms with Gasteiger partial charge in [-0.25, -0.2) is 4.79 Å². The van der Waals surface area contributed by atoms with Crippen molar-refractivity contribution in [3.8, 4) is 17.2 Å². The smallest absolute Gasteiger partial charge is 0.348 e. The lowest BCUT2D eigenvalue weighted by Crippen LogP contribution is -2.11. The standard InChI is InChI=1S/C24H14Br2O6/c25-16-9-12(1-7-18(16)28)10-20-21(13-2-5-15(27)6-3-13)22(24(31)32-20)23(30)14-4-8-19(29)17(26)11-14/h1-11,27-29H/b20-10-. The zero-order valence-electron chi connectivity index (χ0n) is 16.2. The lowest BCUT2D eigenvalue weighted by molar-refractivity contribution is -0.132. The summed E-state index contributed by atoms with van der Waals surface area (Å²) in [5, 5.41) is 29.1. The highest BCUT2D eigenvalue weighted by atomic mass is 79.9. The number of phenolic OH excluding ortho intramolecular Hbond substituents is 3. The van der Waals surface area contributed by atoms with Crippen LogP contribution < -0.4 is 0 Å². The zero-order chi connectivity index (χ0) is 23.0. The zero-order valence-corrected chi connectivity index (χ0v) is 19.3. The minimum atomic E-state index is -0.814. The maximum absolute atomic E-state index is 13.3. The number of halogens is 2. The van der Waals surface area contributed by atoms with E-state index in [-0.39, 0.29) is 39.7 Å². The Morgan fingerprint density at radius 2 is 1.47 bits per heavy atom. The van der Waals surface area contributed by atoms with E-state index in [1.165, 1.54) is 36.4 Å². The number of aromatic hydroxyl groups is 3. The molecule has 0 saturated heterocycles. The van der Waals surface area contributed by atoms with Crippen LogP contribution >= 0.6 is 31.9 Å². The molecule has 3 N–H and O–H groups in total. The molecule has 160 valence electrons. The van der Waals surface area contributed by atoms with Gasteiger partial charge in [-0.1, -0.05) is 18.2 Å². The van der Waals surface area contributed by atoms with Crippen LogP contribution in [-0.4, -0.2) is 27.1 Å². The number of rotatable bonds is 4. The number of ketones is 1. The molecule has 32 heavy (non-hydrogen) atoms.